The number of benzene rings is 3. The first-order chi connectivity index (χ1) is 13.2. The average molecular weight is 396 g/mol. The molecule has 27 heavy (non-hydrogen) atoms. The number of nitrogens with one attached hydrogen (secondary N) is 1. The van der Waals surface area contributed by atoms with E-state index in [1.807, 2.05) is 54.6 Å². The van der Waals surface area contributed by atoms with Crippen molar-refractivity contribution in [2.75, 3.05) is 5.32 Å². The number of hydrogen-bond acceptors (Lipinski definition) is 4. The summed E-state index contributed by atoms with van der Waals surface area (Å²) in [5.74, 6) is 1.46. The Morgan fingerprint density at radius 1 is 0.852 bits per heavy atom. The van der Waals surface area contributed by atoms with Gasteiger partial charge in [-0.15, -0.1) is 0 Å². The second kappa shape index (κ2) is 7.82. The van der Waals surface area contributed by atoms with E-state index in [1.54, 1.807) is 12.1 Å². The molecule has 1 aromatic heterocycles. The molecule has 4 rings (SSSR count). The van der Waals surface area contributed by atoms with Crippen molar-refractivity contribution in [3.8, 4) is 5.75 Å². The Labute approximate surface area is 166 Å². The number of rotatable bonds is 5. The van der Waals surface area contributed by atoms with Gasteiger partial charge in [0.15, 0.2) is 0 Å². The van der Waals surface area contributed by atoms with Gasteiger partial charge in [0.05, 0.1) is 15.6 Å². The fourth-order valence-corrected chi connectivity index (χ4v) is 2.98. The molecule has 3 aromatic carbocycles. The lowest BCUT2D eigenvalue weighted by atomic mass is 10.2. The van der Waals surface area contributed by atoms with Gasteiger partial charge in [-0.3, -0.25) is 0 Å². The molecule has 0 bridgehead atoms. The quantitative estimate of drug-likeness (QED) is 0.433. The van der Waals surface area contributed by atoms with E-state index >= 15 is 0 Å². The molecule has 134 valence electrons. The van der Waals surface area contributed by atoms with Crippen LogP contribution in [0.1, 0.15) is 5.56 Å². The third-order valence-corrected chi connectivity index (χ3v) is 4.76. The Morgan fingerprint density at radius 2 is 1.59 bits per heavy atom. The minimum Gasteiger partial charge on any atom is -0.489 e. The minimum atomic E-state index is 0.465. The molecule has 0 amide bonds. The largest absolute Gasteiger partial charge is 0.489 e. The zero-order valence-corrected chi connectivity index (χ0v) is 15.7. The number of hydrogen-bond donors (Lipinski definition) is 1. The molecule has 0 unspecified atom stereocenters. The van der Waals surface area contributed by atoms with Crippen LogP contribution in [0.2, 0.25) is 10.0 Å². The second-order valence-corrected chi connectivity index (χ2v) is 6.74. The lowest BCUT2D eigenvalue weighted by molar-refractivity contribution is 0.306. The Kier molecular flexibility index (Phi) is 5.10. The zero-order chi connectivity index (χ0) is 18.6. The van der Waals surface area contributed by atoms with Crippen LogP contribution in [0, 0.1) is 0 Å². The highest BCUT2D eigenvalue weighted by Gasteiger charge is 2.08. The molecule has 4 aromatic rings. The highest BCUT2D eigenvalue weighted by atomic mass is 35.5. The van der Waals surface area contributed by atoms with Crippen molar-refractivity contribution in [1.29, 1.82) is 0 Å². The number of nitrogens with zero attached hydrogens (tertiary/aromatic N) is 2. The fraction of sp³-hybridized carbons (Fsp3) is 0.0476. The summed E-state index contributed by atoms with van der Waals surface area (Å²) in [6, 6.07) is 21.2. The van der Waals surface area contributed by atoms with Gasteiger partial charge in [-0.1, -0.05) is 53.5 Å². The van der Waals surface area contributed by atoms with Gasteiger partial charge in [0.1, 0.15) is 24.5 Å². The molecular weight excluding hydrogens is 381 g/mol. The van der Waals surface area contributed by atoms with Gasteiger partial charge in [-0.25, -0.2) is 9.97 Å². The zero-order valence-electron chi connectivity index (χ0n) is 14.2. The smallest absolute Gasteiger partial charge is 0.141 e. The number of halogens is 2. The Bertz CT molecular complexity index is 1070. The third-order valence-electron chi connectivity index (χ3n) is 4.04. The number of anilines is 2. The van der Waals surface area contributed by atoms with E-state index in [1.165, 1.54) is 6.33 Å². The third kappa shape index (κ3) is 4.13. The highest BCUT2D eigenvalue weighted by molar-refractivity contribution is 6.42. The summed E-state index contributed by atoms with van der Waals surface area (Å²) in [4.78, 5) is 8.55. The second-order valence-electron chi connectivity index (χ2n) is 5.93. The predicted molar refractivity (Wildman–Crippen MR) is 110 cm³/mol. The van der Waals surface area contributed by atoms with Gasteiger partial charge in [-0.05, 0) is 42.0 Å². The maximum Gasteiger partial charge on any atom is 0.141 e. The van der Waals surface area contributed by atoms with Crippen LogP contribution in [0.25, 0.3) is 10.9 Å². The first kappa shape index (κ1) is 17.6. The van der Waals surface area contributed by atoms with Crippen LogP contribution >= 0.6 is 23.2 Å². The molecular formula is C21H15Cl2N3O. The lowest BCUT2D eigenvalue weighted by Gasteiger charge is -2.10. The van der Waals surface area contributed by atoms with Crippen LogP contribution in [-0.4, -0.2) is 9.97 Å². The molecule has 0 aliphatic heterocycles. The summed E-state index contributed by atoms with van der Waals surface area (Å²) in [6.07, 6.45) is 1.49. The van der Waals surface area contributed by atoms with Gasteiger partial charge < -0.3 is 10.1 Å². The van der Waals surface area contributed by atoms with Crippen molar-refractivity contribution in [2.45, 2.75) is 6.61 Å². The molecule has 1 heterocycles. The van der Waals surface area contributed by atoms with Gasteiger partial charge in [-0.2, -0.15) is 0 Å². The minimum absolute atomic E-state index is 0.465. The first-order valence-electron chi connectivity index (χ1n) is 8.32. The number of aromatic nitrogens is 2. The Balaban J connectivity index is 1.50. The molecule has 4 nitrogen and oxygen atoms in total. The van der Waals surface area contributed by atoms with Crippen LogP contribution < -0.4 is 10.1 Å². The first-order valence-corrected chi connectivity index (χ1v) is 9.08. The van der Waals surface area contributed by atoms with E-state index in [2.05, 4.69) is 15.3 Å². The molecule has 6 heteroatoms. The van der Waals surface area contributed by atoms with Crippen molar-refractivity contribution in [3.63, 3.8) is 0 Å². The van der Waals surface area contributed by atoms with Crippen molar-refractivity contribution in [1.82, 2.24) is 9.97 Å². The fourth-order valence-electron chi connectivity index (χ4n) is 2.66. The number of fused-ring (bicyclic) bond motifs is 1. The van der Waals surface area contributed by atoms with E-state index in [0.717, 1.165) is 27.9 Å². The summed E-state index contributed by atoms with van der Waals surface area (Å²) in [5.41, 5.74) is 2.74. The monoisotopic (exact) mass is 395 g/mol. The summed E-state index contributed by atoms with van der Waals surface area (Å²) in [7, 11) is 0. The average Bonchev–Trinajstić information content (AvgIpc) is 2.70. The van der Waals surface area contributed by atoms with Crippen molar-refractivity contribution in [3.05, 3.63) is 88.7 Å². The molecule has 0 radical (unpaired) electrons. The van der Waals surface area contributed by atoms with E-state index < -0.39 is 0 Å². The van der Waals surface area contributed by atoms with Crippen molar-refractivity contribution in [2.24, 2.45) is 0 Å². The maximum atomic E-state index is 6.14. The van der Waals surface area contributed by atoms with Gasteiger partial charge in [0, 0.05) is 11.1 Å². The maximum absolute atomic E-state index is 6.14. The summed E-state index contributed by atoms with van der Waals surface area (Å²) < 4.78 is 5.81. The SMILES string of the molecule is Clc1cc2ncnc(Nc3ccc(OCc4ccccc4)cc3)c2cc1Cl. The van der Waals surface area contributed by atoms with Crippen LogP contribution in [0.15, 0.2) is 73.1 Å². The molecule has 0 aliphatic carbocycles. The topological polar surface area (TPSA) is 47.0 Å². The molecule has 0 spiro atoms. The van der Waals surface area contributed by atoms with E-state index in [4.69, 9.17) is 27.9 Å². The Morgan fingerprint density at radius 3 is 2.37 bits per heavy atom. The van der Waals surface area contributed by atoms with Crippen LogP contribution in [0.5, 0.6) is 5.75 Å². The molecule has 0 atom stereocenters. The standard InChI is InChI=1S/C21H15Cl2N3O/c22-18-10-17-20(11-19(18)23)24-13-25-21(17)26-15-6-8-16(9-7-15)27-12-14-4-2-1-3-5-14/h1-11,13H,12H2,(H,24,25,26). The van der Waals surface area contributed by atoms with Gasteiger partial charge >= 0.3 is 0 Å². The van der Waals surface area contributed by atoms with Gasteiger partial charge in [0.2, 0.25) is 0 Å². The van der Waals surface area contributed by atoms with Crippen LogP contribution in [0.3, 0.4) is 0 Å². The van der Waals surface area contributed by atoms with E-state index in [9.17, 15) is 0 Å². The summed E-state index contributed by atoms with van der Waals surface area (Å²) >= 11 is 12.2. The van der Waals surface area contributed by atoms with Crippen molar-refractivity contribution < 1.29 is 4.74 Å². The van der Waals surface area contributed by atoms with E-state index in [-0.39, 0.29) is 0 Å². The van der Waals surface area contributed by atoms with E-state index in [0.29, 0.717) is 22.5 Å². The highest BCUT2D eigenvalue weighted by Crippen LogP contribution is 2.31. The lowest BCUT2D eigenvalue weighted by Crippen LogP contribution is -1.97. The summed E-state index contributed by atoms with van der Waals surface area (Å²) in [5, 5.41) is 5.02. The van der Waals surface area contributed by atoms with Gasteiger partial charge in [0.25, 0.3) is 0 Å². The van der Waals surface area contributed by atoms with Crippen LogP contribution in [-0.2, 0) is 6.61 Å². The number of ether oxygens (including phenoxy) is 1. The van der Waals surface area contributed by atoms with Crippen LogP contribution in [0.4, 0.5) is 11.5 Å². The van der Waals surface area contributed by atoms with Crippen molar-refractivity contribution >= 4 is 45.6 Å². The predicted octanol–water partition coefficient (Wildman–Crippen LogP) is 6.26. The molecule has 0 saturated carbocycles. The molecule has 0 saturated heterocycles. The Hall–Kier alpha value is -2.82. The molecule has 1 N–H and O–H groups in total. The molecule has 0 aliphatic rings. The normalized spacial score (nSPS) is 10.7. The molecule has 0 fully saturated rings. The summed E-state index contributed by atoms with van der Waals surface area (Å²) in [6.45, 7) is 0.531.